The molecule has 0 aliphatic heterocycles. The number of nitrogens with one attached hydrogen (secondary N) is 1. The molecule has 0 saturated carbocycles. The zero-order valence-electron chi connectivity index (χ0n) is 10.4. The van der Waals surface area contributed by atoms with Gasteiger partial charge in [0, 0.05) is 21.3 Å². The Kier molecular flexibility index (Phi) is 5.62. The molecule has 1 aromatic rings. The summed E-state index contributed by atoms with van der Waals surface area (Å²) >= 11 is 5.17. The Hall–Kier alpha value is -0.390. The van der Waals surface area contributed by atoms with Gasteiger partial charge in [0.05, 0.1) is 12.5 Å². The first-order chi connectivity index (χ1) is 7.95. The standard InChI is InChI=1S/C12H18BrNO2S/c1-12(2,11(15)16-3)8-14-5-4-10-6-9(13)7-17-10/h6-7,14H,4-5,8H2,1-3H3. The molecule has 0 fully saturated rings. The summed E-state index contributed by atoms with van der Waals surface area (Å²) in [5, 5.41) is 5.37. The van der Waals surface area contributed by atoms with E-state index >= 15 is 0 Å². The van der Waals surface area contributed by atoms with Crippen LogP contribution >= 0.6 is 27.3 Å². The molecule has 0 radical (unpaired) electrons. The second-order valence-electron chi connectivity index (χ2n) is 4.53. The predicted octanol–water partition coefficient (Wildman–Crippen LogP) is 2.84. The monoisotopic (exact) mass is 319 g/mol. The van der Waals surface area contributed by atoms with Gasteiger partial charge in [-0.15, -0.1) is 11.3 Å². The molecule has 0 atom stereocenters. The lowest BCUT2D eigenvalue weighted by atomic mass is 9.94. The van der Waals surface area contributed by atoms with Gasteiger partial charge in [-0.2, -0.15) is 0 Å². The van der Waals surface area contributed by atoms with Crippen molar-refractivity contribution in [3.05, 3.63) is 20.8 Å². The lowest BCUT2D eigenvalue weighted by Gasteiger charge is -2.21. The SMILES string of the molecule is COC(=O)C(C)(C)CNCCc1cc(Br)cs1. The van der Waals surface area contributed by atoms with Gasteiger partial charge in [0.25, 0.3) is 0 Å². The molecule has 0 bridgehead atoms. The number of hydrogen-bond donors (Lipinski definition) is 1. The lowest BCUT2D eigenvalue weighted by Crippen LogP contribution is -2.37. The van der Waals surface area contributed by atoms with Crippen LogP contribution in [0, 0.1) is 5.41 Å². The molecule has 1 aromatic heterocycles. The number of ether oxygens (including phenoxy) is 1. The van der Waals surface area contributed by atoms with E-state index in [1.807, 2.05) is 13.8 Å². The number of thiophene rings is 1. The molecule has 1 N–H and O–H groups in total. The smallest absolute Gasteiger partial charge is 0.312 e. The first kappa shape index (κ1) is 14.7. The average Bonchev–Trinajstić information content (AvgIpc) is 2.69. The number of carbonyl (C=O) groups is 1. The molecule has 1 rings (SSSR count). The van der Waals surface area contributed by atoms with Crippen LogP contribution in [0.1, 0.15) is 18.7 Å². The topological polar surface area (TPSA) is 38.3 Å². The Bertz CT molecular complexity index is 376. The van der Waals surface area contributed by atoms with Gasteiger partial charge in [0.15, 0.2) is 0 Å². The van der Waals surface area contributed by atoms with Gasteiger partial charge in [-0.1, -0.05) is 0 Å². The van der Waals surface area contributed by atoms with E-state index in [-0.39, 0.29) is 5.97 Å². The fraction of sp³-hybridized carbons (Fsp3) is 0.583. The Morgan fingerprint density at radius 3 is 2.82 bits per heavy atom. The highest BCUT2D eigenvalue weighted by atomic mass is 79.9. The minimum Gasteiger partial charge on any atom is -0.469 e. The quantitative estimate of drug-likeness (QED) is 0.647. The van der Waals surface area contributed by atoms with Gasteiger partial charge in [-0.25, -0.2) is 0 Å². The van der Waals surface area contributed by atoms with E-state index in [9.17, 15) is 4.79 Å². The molecular formula is C12H18BrNO2S. The molecule has 0 aliphatic carbocycles. The molecule has 0 amide bonds. The molecule has 0 spiro atoms. The van der Waals surface area contributed by atoms with Crippen LogP contribution in [0.3, 0.4) is 0 Å². The van der Waals surface area contributed by atoms with E-state index in [1.165, 1.54) is 12.0 Å². The van der Waals surface area contributed by atoms with Gasteiger partial charge < -0.3 is 10.1 Å². The highest BCUT2D eigenvalue weighted by molar-refractivity contribution is 9.10. The maximum absolute atomic E-state index is 11.4. The molecule has 0 saturated heterocycles. The van der Waals surface area contributed by atoms with Crippen LogP contribution in [-0.4, -0.2) is 26.2 Å². The van der Waals surface area contributed by atoms with E-state index in [0.717, 1.165) is 17.4 Å². The second-order valence-corrected chi connectivity index (χ2v) is 6.44. The summed E-state index contributed by atoms with van der Waals surface area (Å²) in [4.78, 5) is 12.8. The fourth-order valence-corrected chi connectivity index (χ4v) is 2.90. The number of halogens is 1. The van der Waals surface area contributed by atoms with Crippen LogP contribution < -0.4 is 5.32 Å². The Morgan fingerprint density at radius 1 is 1.59 bits per heavy atom. The Balaban J connectivity index is 2.26. The Labute approximate surface area is 115 Å². The van der Waals surface area contributed by atoms with Crippen molar-refractivity contribution >= 4 is 33.2 Å². The largest absolute Gasteiger partial charge is 0.469 e. The molecule has 0 aliphatic rings. The van der Waals surface area contributed by atoms with Crippen molar-refractivity contribution in [1.82, 2.24) is 5.32 Å². The summed E-state index contributed by atoms with van der Waals surface area (Å²) in [6.45, 7) is 5.26. The van der Waals surface area contributed by atoms with Crippen molar-refractivity contribution in [2.24, 2.45) is 5.41 Å². The molecule has 1 heterocycles. The second kappa shape index (κ2) is 6.52. The summed E-state index contributed by atoms with van der Waals surface area (Å²) in [5.41, 5.74) is -0.467. The van der Waals surface area contributed by atoms with Crippen LogP contribution in [0.2, 0.25) is 0 Å². The summed E-state index contributed by atoms with van der Waals surface area (Å²) < 4.78 is 5.88. The minimum atomic E-state index is -0.467. The third-order valence-electron chi connectivity index (χ3n) is 2.47. The lowest BCUT2D eigenvalue weighted by molar-refractivity contribution is -0.150. The van der Waals surface area contributed by atoms with Gasteiger partial charge in [0.1, 0.15) is 0 Å². The van der Waals surface area contributed by atoms with Gasteiger partial charge in [-0.05, 0) is 48.8 Å². The fourth-order valence-electron chi connectivity index (χ4n) is 1.45. The van der Waals surface area contributed by atoms with Crippen LogP contribution in [0.4, 0.5) is 0 Å². The molecule has 3 nitrogen and oxygen atoms in total. The molecule has 17 heavy (non-hydrogen) atoms. The van der Waals surface area contributed by atoms with Gasteiger partial charge in [-0.3, -0.25) is 4.79 Å². The highest BCUT2D eigenvalue weighted by Crippen LogP contribution is 2.20. The maximum atomic E-state index is 11.4. The van der Waals surface area contributed by atoms with E-state index in [0.29, 0.717) is 6.54 Å². The number of esters is 1. The number of methoxy groups -OCH3 is 1. The third kappa shape index (κ3) is 4.77. The molecule has 96 valence electrons. The van der Waals surface area contributed by atoms with Crippen LogP contribution in [0.25, 0.3) is 0 Å². The van der Waals surface area contributed by atoms with E-state index < -0.39 is 5.41 Å². The molecular weight excluding hydrogens is 302 g/mol. The van der Waals surface area contributed by atoms with Crippen LogP contribution in [0.15, 0.2) is 15.9 Å². The van der Waals surface area contributed by atoms with Crippen molar-refractivity contribution in [3.63, 3.8) is 0 Å². The van der Waals surface area contributed by atoms with Gasteiger partial charge >= 0.3 is 5.97 Å². The first-order valence-corrected chi connectivity index (χ1v) is 7.15. The maximum Gasteiger partial charge on any atom is 0.312 e. The number of rotatable bonds is 6. The summed E-state index contributed by atoms with van der Waals surface area (Å²) in [6.07, 6.45) is 0.980. The van der Waals surface area contributed by atoms with Crippen molar-refractivity contribution in [3.8, 4) is 0 Å². The summed E-state index contributed by atoms with van der Waals surface area (Å²) in [6, 6.07) is 2.12. The van der Waals surface area contributed by atoms with E-state index in [2.05, 4.69) is 32.7 Å². The van der Waals surface area contributed by atoms with Crippen molar-refractivity contribution in [2.75, 3.05) is 20.2 Å². The number of hydrogen-bond acceptors (Lipinski definition) is 4. The van der Waals surface area contributed by atoms with Crippen molar-refractivity contribution in [2.45, 2.75) is 20.3 Å². The van der Waals surface area contributed by atoms with E-state index in [1.54, 1.807) is 11.3 Å². The predicted molar refractivity (Wildman–Crippen MR) is 74.4 cm³/mol. The number of carbonyl (C=O) groups excluding carboxylic acids is 1. The minimum absolute atomic E-state index is 0.177. The average molecular weight is 320 g/mol. The van der Waals surface area contributed by atoms with Crippen LogP contribution in [-0.2, 0) is 16.0 Å². The summed E-state index contributed by atoms with van der Waals surface area (Å²) in [7, 11) is 1.42. The molecule has 5 heteroatoms. The van der Waals surface area contributed by atoms with E-state index in [4.69, 9.17) is 4.74 Å². The Morgan fingerprint density at radius 2 is 2.29 bits per heavy atom. The van der Waals surface area contributed by atoms with Crippen LogP contribution in [0.5, 0.6) is 0 Å². The first-order valence-electron chi connectivity index (χ1n) is 5.48. The van der Waals surface area contributed by atoms with Gasteiger partial charge in [0.2, 0.25) is 0 Å². The third-order valence-corrected chi connectivity index (χ3v) is 4.23. The summed E-state index contributed by atoms with van der Waals surface area (Å²) in [5.74, 6) is -0.177. The van der Waals surface area contributed by atoms with Crippen molar-refractivity contribution < 1.29 is 9.53 Å². The highest BCUT2D eigenvalue weighted by Gasteiger charge is 2.27. The molecule has 0 aromatic carbocycles. The van der Waals surface area contributed by atoms with Crippen molar-refractivity contribution in [1.29, 1.82) is 0 Å². The zero-order valence-corrected chi connectivity index (χ0v) is 12.8. The molecule has 0 unspecified atom stereocenters. The normalized spacial score (nSPS) is 11.5. The zero-order chi connectivity index (χ0) is 12.9.